The van der Waals surface area contributed by atoms with Crippen molar-refractivity contribution in [2.24, 2.45) is 0 Å². The number of nitrogens with zero attached hydrogens (tertiary/aromatic N) is 4. The SMILES string of the molecule is Cc1c(CN2C(=O)c3ccccc3C2=O)cc(-c2cnc(C(F)(F)F)nc2)nc1C1CC1. The van der Waals surface area contributed by atoms with Crippen LogP contribution in [0.25, 0.3) is 11.3 Å². The van der Waals surface area contributed by atoms with Gasteiger partial charge in [0.1, 0.15) is 0 Å². The Bertz CT molecular complexity index is 1220. The second-order valence-corrected chi connectivity index (χ2v) is 7.99. The number of pyridine rings is 1. The van der Waals surface area contributed by atoms with Gasteiger partial charge < -0.3 is 0 Å². The highest BCUT2D eigenvalue weighted by Crippen LogP contribution is 2.42. The van der Waals surface area contributed by atoms with E-state index in [2.05, 4.69) is 15.0 Å². The summed E-state index contributed by atoms with van der Waals surface area (Å²) in [7, 11) is 0. The van der Waals surface area contributed by atoms with Gasteiger partial charge in [0.25, 0.3) is 11.8 Å². The van der Waals surface area contributed by atoms with Crippen LogP contribution in [0.4, 0.5) is 13.2 Å². The number of carbonyl (C=O) groups is 2. The van der Waals surface area contributed by atoms with Crippen molar-refractivity contribution in [3.05, 3.63) is 76.5 Å². The Morgan fingerprint density at radius 3 is 2.16 bits per heavy atom. The lowest BCUT2D eigenvalue weighted by Crippen LogP contribution is -2.29. The molecule has 0 N–H and O–H groups in total. The Morgan fingerprint density at radius 2 is 1.62 bits per heavy atom. The summed E-state index contributed by atoms with van der Waals surface area (Å²) in [5.41, 5.74) is 3.90. The van der Waals surface area contributed by atoms with E-state index >= 15 is 0 Å². The van der Waals surface area contributed by atoms with Crippen molar-refractivity contribution in [3.63, 3.8) is 0 Å². The molecule has 1 aliphatic heterocycles. The van der Waals surface area contributed by atoms with Gasteiger partial charge in [-0.2, -0.15) is 13.2 Å². The predicted molar refractivity (Wildman–Crippen MR) is 108 cm³/mol. The Balaban J connectivity index is 1.53. The number of halogens is 3. The molecule has 1 saturated carbocycles. The molecule has 32 heavy (non-hydrogen) atoms. The zero-order chi connectivity index (χ0) is 22.6. The summed E-state index contributed by atoms with van der Waals surface area (Å²) in [6.07, 6.45) is -0.512. The van der Waals surface area contributed by atoms with Crippen molar-refractivity contribution in [3.8, 4) is 11.3 Å². The number of amides is 2. The van der Waals surface area contributed by atoms with Crippen LogP contribution in [0, 0.1) is 6.92 Å². The van der Waals surface area contributed by atoms with Gasteiger partial charge in [-0.25, -0.2) is 9.97 Å². The minimum absolute atomic E-state index is 0.0505. The summed E-state index contributed by atoms with van der Waals surface area (Å²) in [4.78, 5) is 38.3. The summed E-state index contributed by atoms with van der Waals surface area (Å²) >= 11 is 0. The van der Waals surface area contributed by atoms with E-state index in [1.165, 1.54) is 4.90 Å². The van der Waals surface area contributed by atoms with E-state index < -0.39 is 12.0 Å². The number of imide groups is 1. The summed E-state index contributed by atoms with van der Waals surface area (Å²) in [6.45, 7) is 1.94. The maximum absolute atomic E-state index is 12.8. The van der Waals surface area contributed by atoms with Crippen LogP contribution in [-0.2, 0) is 12.7 Å². The number of rotatable bonds is 4. The second kappa shape index (κ2) is 7.22. The number of carbonyl (C=O) groups excluding carboxylic acids is 2. The molecule has 3 heterocycles. The Hall–Kier alpha value is -3.62. The smallest absolute Gasteiger partial charge is 0.270 e. The van der Waals surface area contributed by atoms with Crippen LogP contribution in [0.2, 0.25) is 0 Å². The molecule has 0 atom stereocenters. The molecule has 1 aliphatic carbocycles. The molecule has 2 aliphatic rings. The van der Waals surface area contributed by atoms with Gasteiger partial charge in [0.05, 0.1) is 23.4 Å². The zero-order valence-electron chi connectivity index (χ0n) is 17.0. The highest BCUT2D eigenvalue weighted by molar-refractivity contribution is 6.21. The van der Waals surface area contributed by atoms with E-state index in [0.29, 0.717) is 27.9 Å². The molecule has 6 nitrogen and oxygen atoms in total. The minimum atomic E-state index is -4.63. The molecule has 3 aromatic rings. The molecular formula is C23H17F3N4O2. The van der Waals surface area contributed by atoms with Gasteiger partial charge in [-0.3, -0.25) is 19.5 Å². The molecule has 0 radical (unpaired) electrons. The molecule has 1 fully saturated rings. The minimum Gasteiger partial charge on any atom is -0.270 e. The number of benzene rings is 1. The molecular weight excluding hydrogens is 421 g/mol. The summed E-state index contributed by atoms with van der Waals surface area (Å²) in [5, 5.41) is 0. The van der Waals surface area contributed by atoms with Gasteiger partial charge in [-0.05, 0) is 49.1 Å². The lowest BCUT2D eigenvalue weighted by molar-refractivity contribution is -0.145. The Morgan fingerprint density at radius 1 is 1.03 bits per heavy atom. The molecule has 0 saturated heterocycles. The molecule has 0 spiro atoms. The topological polar surface area (TPSA) is 76.1 Å². The molecule has 0 bridgehead atoms. The van der Waals surface area contributed by atoms with Crippen molar-refractivity contribution in [2.75, 3.05) is 0 Å². The standard InChI is InChI=1S/C23H17F3N4O2/c1-12-14(11-30-20(31)16-4-2-3-5-17(16)21(30)32)8-18(29-19(12)13-6-7-13)15-9-27-22(28-10-15)23(24,25)26/h2-5,8-10,13H,6-7,11H2,1H3. The van der Waals surface area contributed by atoms with E-state index in [1.54, 1.807) is 30.3 Å². The fraction of sp³-hybridized carbons (Fsp3) is 0.261. The number of hydrogen-bond acceptors (Lipinski definition) is 5. The van der Waals surface area contributed by atoms with E-state index in [1.807, 2.05) is 6.92 Å². The van der Waals surface area contributed by atoms with Crippen LogP contribution < -0.4 is 0 Å². The first-order valence-electron chi connectivity index (χ1n) is 10.1. The van der Waals surface area contributed by atoms with Crippen LogP contribution in [-0.4, -0.2) is 31.7 Å². The number of hydrogen-bond donors (Lipinski definition) is 0. The maximum atomic E-state index is 12.8. The molecule has 1 aromatic carbocycles. The van der Waals surface area contributed by atoms with Gasteiger partial charge in [0, 0.05) is 29.6 Å². The van der Waals surface area contributed by atoms with Crippen molar-refractivity contribution in [1.82, 2.24) is 19.9 Å². The highest BCUT2D eigenvalue weighted by atomic mass is 19.4. The lowest BCUT2D eigenvalue weighted by Gasteiger charge is -2.18. The van der Waals surface area contributed by atoms with E-state index in [4.69, 9.17) is 0 Å². The first-order valence-corrected chi connectivity index (χ1v) is 10.1. The third-order valence-electron chi connectivity index (χ3n) is 5.79. The zero-order valence-corrected chi connectivity index (χ0v) is 17.0. The fourth-order valence-electron chi connectivity index (χ4n) is 3.91. The quantitative estimate of drug-likeness (QED) is 0.559. The van der Waals surface area contributed by atoms with E-state index in [0.717, 1.165) is 36.5 Å². The van der Waals surface area contributed by atoms with Crippen LogP contribution in [0.5, 0.6) is 0 Å². The van der Waals surface area contributed by atoms with Crippen molar-refractivity contribution >= 4 is 11.8 Å². The third-order valence-corrected chi connectivity index (χ3v) is 5.79. The van der Waals surface area contributed by atoms with Crippen molar-refractivity contribution in [1.29, 1.82) is 0 Å². The first-order chi connectivity index (χ1) is 15.2. The van der Waals surface area contributed by atoms with Crippen molar-refractivity contribution < 1.29 is 22.8 Å². The van der Waals surface area contributed by atoms with Gasteiger partial charge in [-0.15, -0.1) is 0 Å². The van der Waals surface area contributed by atoms with E-state index in [9.17, 15) is 22.8 Å². The molecule has 0 unspecified atom stereocenters. The van der Waals surface area contributed by atoms with Crippen molar-refractivity contribution in [2.45, 2.75) is 38.4 Å². The number of fused-ring (bicyclic) bond motifs is 1. The largest absolute Gasteiger partial charge is 0.451 e. The molecule has 162 valence electrons. The lowest BCUT2D eigenvalue weighted by atomic mass is 10.0. The van der Waals surface area contributed by atoms with Gasteiger partial charge in [-0.1, -0.05) is 12.1 Å². The van der Waals surface area contributed by atoms with E-state index in [-0.39, 0.29) is 24.3 Å². The highest BCUT2D eigenvalue weighted by Gasteiger charge is 2.37. The molecule has 2 amide bonds. The van der Waals surface area contributed by atoms with Crippen LogP contribution in [0.1, 0.15) is 62.1 Å². The number of alkyl halides is 3. The average molecular weight is 438 g/mol. The van der Waals surface area contributed by atoms with Crippen LogP contribution >= 0.6 is 0 Å². The second-order valence-electron chi connectivity index (χ2n) is 7.99. The average Bonchev–Trinajstić information content (AvgIpc) is 3.59. The molecule has 9 heteroatoms. The van der Waals surface area contributed by atoms with Gasteiger partial charge in [0.2, 0.25) is 5.82 Å². The van der Waals surface area contributed by atoms with Crippen LogP contribution in [0.3, 0.4) is 0 Å². The van der Waals surface area contributed by atoms with Gasteiger partial charge >= 0.3 is 6.18 Å². The van der Waals surface area contributed by atoms with Crippen LogP contribution in [0.15, 0.2) is 42.7 Å². The predicted octanol–water partition coefficient (Wildman–Crippen LogP) is 4.54. The summed E-state index contributed by atoms with van der Waals surface area (Å²) in [6, 6.07) is 8.35. The third kappa shape index (κ3) is 3.43. The first kappa shape index (κ1) is 20.3. The number of aromatic nitrogens is 3. The fourth-order valence-corrected chi connectivity index (χ4v) is 3.91. The summed E-state index contributed by atoms with van der Waals surface area (Å²) in [5.74, 6) is -1.70. The summed E-state index contributed by atoms with van der Waals surface area (Å²) < 4.78 is 38.5. The van der Waals surface area contributed by atoms with Gasteiger partial charge in [0.15, 0.2) is 0 Å². The molecule has 5 rings (SSSR count). The normalized spacial score (nSPS) is 15.9. The molecule has 2 aromatic heterocycles. The monoisotopic (exact) mass is 438 g/mol. The maximum Gasteiger partial charge on any atom is 0.451 e. The Kier molecular flexibility index (Phi) is 4.58. The Labute approximate surface area is 181 Å².